The van der Waals surface area contributed by atoms with Crippen molar-refractivity contribution in [3.05, 3.63) is 31.2 Å². The normalized spacial score (nSPS) is 10.8. The van der Waals surface area contributed by atoms with Crippen LogP contribution in [0.25, 0.3) is 11.2 Å². The fourth-order valence-corrected chi connectivity index (χ4v) is 2.04. The summed E-state index contributed by atoms with van der Waals surface area (Å²) in [6, 6.07) is 1.83. The standard InChI is InChI=1S/C9H6N6S/c1-2-10-3-11-6(1)16-9-7-8(13-4-12-7)14-5-15-9/h1-5H,(H,12,13,14,15). The van der Waals surface area contributed by atoms with Crippen LogP contribution in [0.15, 0.2) is 41.3 Å². The van der Waals surface area contributed by atoms with E-state index in [1.165, 1.54) is 24.4 Å². The van der Waals surface area contributed by atoms with Gasteiger partial charge in [-0.15, -0.1) is 0 Å². The lowest BCUT2D eigenvalue weighted by atomic mass is 10.6. The highest BCUT2D eigenvalue weighted by Crippen LogP contribution is 2.27. The van der Waals surface area contributed by atoms with Gasteiger partial charge < -0.3 is 4.98 Å². The van der Waals surface area contributed by atoms with Crippen LogP contribution < -0.4 is 0 Å². The van der Waals surface area contributed by atoms with E-state index in [9.17, 15) is 0 Å². The number of nitrogens with one attached hydrogen (secondary N) is 1. The van der Waals surface area contributed by atoms with Crippen molar-refractivity contribution in [2.75, 3.05) is 0 Å². The molecule has 0 saturated carbocycles. The summed E-state index contributed by atoms with van der Waals surface area (Å²) in [6.07, 6.45) is 6.30. The monoisotopic (exact) mass is 230 g/mol. The molecule has 0 fully saturated rings. The molecule has 16 heavy (non-hydrogen) atoms. The lowest BCUT2D eigenvalue weighted by Gasteiger charge is -1.99. The molecule has 0 aliphatic carbocycles. The van der Waals surface area contributed by atoms with Crippen LogP contribution in [0.4, 0.5) is 0 Å². The number of aromatic amines is 1. The summed E-state index contributed by atoms with van der Waals surface area (Å²) in [5.41, 5.74) is 1.48. The Morgan fingerprint density at radius 2 is 2.06 bits per heavy atom. The molecule has 0 aliphatic heterocycles. The molecule has 0 saturated heterocycles. The van der Waals surface area contributed by atoms with Crippen molar-refractivity contribution in [3.63, 3.8) is 0 Å². The van der Waals surface area contributed by atoms with Crippen molar-refractivity contribution >= 4 is 22.9 Å². The molecule has 1 N–H and O–H groups in total. The second-order valence-electron chi connectivity index (χ2n) is 2.93. The minimum absolute atomic E-state index is 0.659. The van der Waals surface area contributed by atoms with Gasteiger partial charge in [0, 0.05) is 6.20 Å². The summed E-state index contributed by atoms with van der Waals surface area (Å²) in [5, 5.41) is 1.64. The van der Waals surface area contributed by atoms with Crippen LogP contribution in [0.2, 0.25) is 0 Å². The predicted molar refractivity (Wildman–Crippen MR) is 57.8 cm³/mol. The van der Waals surface area contributed by atoms with Crippen molar-refractivity contribution in [2.24, 2.45) is 0 Å². The maximum atomic E-state index is 4.19. The van der Waals surface area contributed by atoms with Gasteiger partial charge in [-0.2, -0.15) is 0 Å². The first-order valence-electron chi connectivity index (χ1n) is 4.51. The molecule has 0 amide bonds. The van der Waals surface area contributed by atoms with E-state index in [1.54, 1.807) is 12.5 Å². The van der Waals surface area contributed by atoms with E-state index in [2.05, 4.69) is 29.9 Å². The Hall–Kier alpha value is -2.02. The largest absolute Gasteiger partial charge is 0.341 e. The van der Waals surface area contributed by atoms with Crippen LogP contribution in [0.3, 0.4) is 0 Å². The van der Waals surface area contributed by atoms with Crippen LogP contribution in [0, 0.1) is 0 Å². The summed E-state index contributed by atoms with van der Waals surface area (Å²) in [7, 11) is 0. The van der Waals surface area contributed by atoms with E-state index in [1.807, 2.05) is 6.07 Å². The number of imidazole rings is 1. The quantitative estimate of drug-likeness (QED) is 0.668. The van der Waals surface area contributed by atoms with Crippen molar-refractivity contribution in [2.45, 2.75) is 10.1 Å². The molecule has 0 atom stereocenters. The molecular weight excluding hydrogens is 224 g/mol. The van der Waals surface area contributed by atoms with Crippen LogP contribution >= 0.6 is 11.8 Å². The SMILES string of the molecule is c1cc(Sc2ncnc3nc[nH]c23)ncn1. The van der Waals surface area contributed by atoms with Gasteiger partial charge in [-0.1, -0.05) is 0 Å². The van der Waals surface area contributed by atoms with Gasteiger partial charge in [-0.05, 0) is 17.8 Å². The Balaban J connectivity index is 2.04. The van der Waals surface area contributed by atoms with Gasteiger partial charge in [0.2, 0.25) is 0 Å². The first-order valence-corrected chi connectivity index (χ1v) is 5.33. The number of hydrogen-bond acceptors (Lipinski definition) is 6. The smallest absolute Gasteiger partial charge is 0.181 e. The first-order chi connectivity index (χ1) is 7.93. The van der Waals surface area contributed by atoms with E-state index in [-0.39, 0.29) is 0 Å². The summed E-state index contributed by atoms with van der Waals surface area (Å²) in [6.45, 7) is 0. The van der Waals surface area contributed by atoms with Gasteiger partial charge in [-0.25, -0.2) is 24.9 Å². The molecule has 0 bridgehead atoms. The highest BCUT2D eigenvalue weighted by molar-refractivity contribution is 7.99. The van der Waals surface area contributed by atoms with Gasteiger partial charge in [0.05, 0.1) is 6.33 Å². The zero-order valence-electron chi connectivity index (χ0n) is 8.03. The fraction of sp³-hybridized carbons (Fsp3) is 0. The Kier molecular flexibility index (Phi) is 2.22. The van der Waals surface area contributed by atoms with E-state index < -0.39 is 0 Å². The molecule has 0 radical (unpaired) electrons. The number of nitrogens with zero attached hydrogens (tertiary/aromatic N) is 5. The second-order valence-corrected chi connectivity index (χ2v) is 3.94. The molecule has 0 spiro atoms. The molecule has 0 aliphatic rings. The van der Waals surface area contributed by atoms with E-state index in [4.69, 9.17) is 0 Å². The zero-order valence-corrected chi connectivity index (χ0v) is 8.85. The third kappa shape index (κ3) is 1.61. The molecule has 7 heteroatoms. The molecule has 3 aromatic heterocycles. The fourth-order valence-electron chi connectivity index (χ4n) is 1.26. The van der Waals surface area contributed by atoms with Gasteiger partial charge in [0.25, 0.3) is 0 Å². The Morgan fingerprint density at radius 1 is 1.06 bits per heavy atom. The van der Waals surface area contributed by atoms with Crippen molar-refractivity contribution in [3.8, 4) is 0 Å². The van der Waals surface area contributed by atoms with E-state index in [0.717, 1.165) is 15.6 Å². The average molecular weight is 230 g/mol. The highest BCUT2D eigenvalue weighted by atomic mass is 32.2. The third-order valence-corrected chi connectivity index (χ3v) is 2.90. The van der Waals surface area contributed by atoms with Gasteiger partial charge in [0.15, 0.2) is 5.65 Å². The molecule has 3 heterocycles. The maximum absolute atomic E-state index is 4.19. The Bertz CT molecular complexity index is 607. The van der Waals surface area contributed by atoms with Crippen LogP contribution in [0.1, 0.15) is 0 Å². The molecular formula is C9H6N6S. The minimum atomic E-state index is 0.659. The van der Waals surface area contributed by atoms with Gasteiger partial charge >= 0.3 is 0 Å². The second kappa shape index (κ2) is 3.86. The van der Waals surface area contributed by atoms with Gasteiger partial charge in [0.1, 0.15) is 28.2 Å². The first kappa shape index (κ1) is 9.22. The number of H-pyrrole nitrogens is 1. The highest BCUT2D eigenvalue weighted by Gasteiger charge is 2.07. The van der Waals surface area contributed by atoms with Crippen molar-refractivity contribution in [1.29, 1.82) is 0 Å². The summed E-state index contributed by atoms with van der Waals surface area (Å²) in [4.78, 5) is 23.3. The van der Waals surface area contributed by atoms with Crippen molar-refractivity contribution < 1.29 is 0 Å². The maximum Gasteiger partial charge on any atom is 0.181 e. The Morgan fingerprint density at radius 3 is 2.94 bits per heavy atom. The summed E-state index contributed by atoms with van der Waals surface area (Å²) < 4.78 is 0. The number of rotatable bonds is 2. The van der Waals surface area contributed by atoms with Crippen molar-refractivity contribution in [1.82, 2.24) is 29.9 Å². The van der Waals surface area contributed by atoms with E-state index >= 15 is 0 Å². The Labute approximate surface area is 94.6 Å². The summed E-state index contributed by atoms with van der Waals surface area (Å²) in [5.74, 6) is 0. The van der Waals surface area contributed by atoms with E-state index in [0.29, 0.717) is 5.65 Å². The molecule has 78 valence electrons. The summed E-state index contributed by atoms with van der Waals surface area (Å²) >= 11 is 1.45. The van der Waals surface area contributed by atoms with Crippen LogP contribution in [-0.4, -0.2) is 29.9 Å². The number of aromatic nitrogens is 6. The van der Waals surface area contributed by atoms with Gasteiger partial charge in [-0.3, -0.25) is 0 Å². The van der Waals surface area contributed by atoms with Crippen LogP contribution in [0.5, 0.6) is 0 Å². The topological polar surface area (TPSA) is 80.2 Å². The molecule has 6 nitrogen and oxygen atoms in total. The number of fused-ring (bicyclic) bond motifs is 1. The zero-order chi connectivity index (χ0) is 10.8. The predicted octanol–water partition coefficient (Wildman–Crippen LogP) is 1.29. The lowest BCUT2D eigenvalue weighted by Crippen LogP contribution is -1.87. The molecule has 3 rings (SSSR count). The molecule has 3 aromatic rings. The number of hydrogen-bond donors (Lipinski definition) is 1. The average Bonchev–Trinajstić information content (AvgIpc) is 2.80. The van der Waals surface area contributed by atoms with Crippen LogP contribution in [-0.2, 0) is 0 Å². The lowest BCUT2D eigenvalue weighted by molar-refractivity contribution is 1.03. The minimum Gasteiger partial charge on any atom is -0.341 e. The third-order valence-electron chi connectivity index (χ3n) is 1.94. The molecule has 0 unspecified atom stereocenters. The molecule has 0 aromatic carbocycles.